The van der Waals surface area contributed by atoms with E-state index in [1.165, 1.54) is 17.9 Å². The largest absolute Gasteiger partial charge is 0.389 e. The van der Waals surface area contributed by atoms with Crippen molar-refractivity contribution in [1.29, 1.82) is 0 Å². The fourth-order valence-electron chi connectivity index (χ4n) is 1.30. The highest BCUT2D eigenvalue weighted by Gasteiger charge is 2.26. The molecule has 1 aromatic heterocycles. The number of aryl methyl sites for hydroxylation is 1. The molecular formula is C9H13ClF3N3O2S. The van der Waals surface area contributed by atoms with Gasteiger partial charge in [0.05, 0.1) is 6.33 Å². The van der Waals surface area contributed by atoms with Crippen molar-refractivity contribution in [1.82, 2.24) is 14.3 Å². The first-order valence-corrected chi connectivity index (χ1v) is 7.23. The van der Waals surface area contributed by atoms with E-state index >= 15 is 0 Å². The van der Waals surface area contributed by atoms with Crippen LogP contribution < -0.4 is 4.72 Å². The molecule has 0 aliphatic carbocycles. The second-order valence-electron chi connectivity index (χ2n) is 3.92. The summed E-state index contributed by atoms with van der Waals surface area (Å²) >= 11 is 5.73. The number of nitrogens with zero attached hydrogens (tertiary/aromatic N) is 2. The smallest absolute Gasteiger partial charge is 0.324 e. The van der Waals surface area contributed by atoms with Crippen LogP contribution in [0.4, 0.5) is 13.2 Å². The Morgan fingerprint density at radius 1 is 1.42 bits per heavy atom. The van der Waals surface area contributed by atoms with E-state index in [1.54, 1.807) is 0 Å². The standard InChI is InChI=1S/C9H13ClF3N3O2S/c1-16-6-14-8(7(16)10)19(17,18)15-5-3-2-4-9(11,12)13/h6,15H,2-5H2,1H3. The number of unbranched alkanes of at least 4 members (excludes halogenated alkanes) is 1. The third-order valence-corrected chi connectivity index (χ3v) is 4.22. The quantitative estimate of drug-likeness (QED) is 0.817. The Morgan fingerprint density at radius 2 is 2.05 bits per heavy atom. The maximum Gasteiger partial charge on any atom is 0.389 e. The maximum absolute atomic E-state index is 11.9. The molecule has 0 spiro atoms. The van der Waals surface area contributed by atoms with Gasteiger partial charge in [-0.1, -0.05) is 11.6 Å². The average molecular weight is 320 g/mol. The molecule has 0 amide bonds. The van der Waals surface area contributed by atoms with Gasteiger partial charge in [-0.05, 0) is 12.8 Å². The van der Waals surface area contributed by atoms with E-state index in [1.807, 2.05) is 0 Å². The predicted molar refractivity (Wildman–Crippen MR) is 63.3 cm³/mol. The molecule has 19 heavy (non-hydrogen) atoms. The minimum atomic E-state index is -4.22. The number of nitrogens with one attached hydrogen (secondary N) is 1. The summed E-state index contributed by atoms with van der Waals surface area (Å²) in [4.78, 5) is 3.63. The van der Waals surface area contributed by atoms with E-state index in [0.29, 0.717) is 0 Å². The lowest BCUT2D eigenvalue weighted by atomic mass is 10.2. The van der Waals surface area contributed by atoms with Crippen molar-refractivity contribution in [3.05, 3.63) is 11.5 Å². The highest BCUT2D eigenvalue weighted by Crippen LogP contribution is 2.22. The minimum absolute atomic E-state index is 0.0530. The van der Waals surface area contributed by atoms with E-state index in [9.17, 15) is 21.6 Å². The molecule has 5 nitrogen and oxygen atoms in total. The summed E-state index contributed by atoms with van der Waals surface area (Å²) in [6.45, 7) is -0.0919. The molecule has 0 radical (unpaired) electrons. The summed E-state index contributed by atoms with van der Waals surface area (Å²) in [5.74, 6) is 0. The molecule has 0 fully saturated rings. The molecule has 0 aliphatic heterocycles. The normalized spacial score (nSPS) is 12.9. The molecule has 0 atom stereocenters. The maximum atomic E-state index is 11.9. The molecule has 1 rings (SSSR count). The van der Waals surface area contributed by atoms with Crippen molar-refractivity contribution >= 4 is 21.6 Å². The van der Waals surface area contributed by atoms with Gasteiger partial charge in [-0.2, -0.15) is 13.2 Å². The fraction of sp³-hybridized carbons (Fsp3) is 0.667. The van der Waals surface area contributed by atoms with Crippen LogP contribution in [0.1, 0.15) is 19.3 Å². The number of hydrogen-bond acceptors (Lipinski definition) is 3. The molecule has 0 bridgehead atoms. The van der Waals surface area contributed by atoms with Gasteiger partial charge in [0.2, 0.25) is 5.03 Å². The number of aromatic nitrogens is 2. The fourth-order valence-corrected chi connectivity index (χ4v) is 2.80. The van der Waals surface area contributed by atoms with Crippen molar-refractivity contribution in [3.8, 4) is 0 Å². The van der Waals surface area contributed by atoms with Crippen LogP contribution in [0.15, 0.2) is 11.4 Å². The Bertz CT molecular complexity index is 527. The Balaban J connectivity index is 2.47. The van der Waals surface area contributed by atoms with E-state index in [2.05, 4.69) is 9.71 Å². The molecule has 0 aromatic carbocycles. The molecule has 0 saturated carbocycles. The van der Waals surface area contributed by atoms with Crippen molar-refractivity contribution < 1.29 is 21.6 Å². The number of hydrogen-bond donors (Lipinski definition) is 1. The topological polar surface area (TPSA) is 64.0 Å². The molecule has 10 heteroatoms. The van der Waals surface area contributed by atoms with E-state index in [4.69, 9.17) is 11.6 Å². The molecule has 1 heterocycles. The lowest BCUT2D eigenvalue weighted by molar-refractivity contribution is -0.135. The predicted octanol–water partition coefficient (Wildman–Crippen LogP) is 2.08. The summed E-state index contributed by atoms with van der Waals surface area (Å²) in [6, 6.07) is 0. The van der Waals surface area contributed by atoms with Gasteiger partial charge in [-0.25, -0.2) is 18.1 Å². The summed E-state index contributed by atoms with van der Waals surface area (Å²) in [7, 11) is -2.36. The van der Waals surface area contributed by atoms with Gasteiger partial charge in [0.25, 0.3) is 10.0 Å². The summed E-state index contributed by atoms with van der Waals surface area (Å²) < 4.78 is 62.6. The SMILES string of the molecule is Cn1cnc(S(=O)(=O)NCCCCC(F)(F)F)c1Cl. The first-order chi connectivity index (χ1) is 8.63. The third-order valence-electron chi connectivity index (χ3n) is 2.27. The molecule has 1 aromatic rings. The molecule has 0 saturated heterocycles. The Labute approximate surface area is 113 Å². The first kappa shape index (κ1) is 16.3. The summed E-state index contributed by atoms with van der Waals surface area (Å²) in [5.41, 5.74) is 0. The van der Waals surface area contributed by atoms with Gasteiger partial charge < -0.3 is 4.57 Å². The van der Waals surface area contributed by atoms with Crippen LogP contribution in [0.3, 0.4) is 0 Å². The Morgan fingerprint density at radius 3 is 2.53 bits per heavy atom. The zero-order chi connectivity index (χ0) is 14.7. The molecule has 1 N–H and O–H groups in total. The first-order valence-electron chi connectivity index (χ1n) is 5.37. The molecule has 110 valence electrons. The van der Waals surface area contributed by atoms with Crippen LogP contribution in [0.2, 0.25) is 5.15 Å². The van der Waals surface area contributed by atoms with Crippen molar-refractivity contribution in [2.45, 2.75) is 30.5 Å². The molecular weight excluding hydrogens is 307 g/mol. The van der Waals surface area contributed by atoms with Gasteiger partial charge in [0.1, 0.15) is 5.15 Å². The lowest BCUT2D eigenvalue weighted by Gasteiger charge is -2.07. The average Bonchev–Trinajstić information content (AvgIpc) is 2.58. The number of imidazole rings is 1. The number of rotatable bonds is 6. The van der Waals surface area contributed by atoms with Crippen molar-refractivity contribution in [3.63, 3.8) is 0 Å². The van der Waals surface area contributed by atoms with E-state index in [-0.39, 0.29) is 29.6 Å². The van der Waals surface area contributed by atoms with Crippen LogP contribution in [0.25, 0.3) is 0 Å². The van der Waals surface area contributed by atoms with E-state index in [0.717, 1.165) is 0 Å². The number of alkyl halides is 3. The lowest BCUT2D eigenvalue weighted by Crippen LogP contribution is -2.25. The van der Waals surface area contributed by atoms with Gasteiger partial charge >= 0.3 is 6.18 Å². The summed E-state index contributed by atoms with van der Waals surface area (Å²) in [5, 5.41) is -0.379. The third kappa shape index (κ3) is 5.00. The van der Waals surface area contributed by atoms with Crippen molar-refractivity contribution in [2.24, 2.45) is 7.05 Å². The van der Waals surface area contributed by atoms with Crippen LogP contribution >= 0.6 is 11.6 Å². The van der Waals surface area contributed by atoms with Crippen molar-refractivity contribution in [2.75, 3.05) is 6.54 Å². The number of sulfonamides is 1. The molecule has 0 aliphatic rings. The van der Waals surface area contributed by atoms with Gasteiger partial charge in [-0.3, -0.25) is 0 Å². The van der Waals surface area contributed by atoms with E-state index < -0.39 is 22.6 Å². The minimum Gasteiger partial charge on any atom is -0.324 e. The highest BCUT2D eigenvalue weighted by atomic mass is 35.5. The highest BCUT2D eigenvalue weighted by molar-refractivity contribution is 7.89. The van der Waals surface area contributed by atoms with Crippen LogP contribution in [0.5, 0.6) is 0 Å². The zero-order valence-electron chi connectivity index (χ0n) is 10.0. The second-order valence-corrected chi connectivity index (χ2v) is 5.96. The van der Waals surface area contributed by atoms with Crippen LogP contribution in [-0.4, -0.2) is 30.7 Å². The monoisotopic (exact) mass is 319 g/mol. The Kier molecular flexibility index (Phi) is 5.22. The van der Waals surface area contributed by atoms with Crippen LogP contribution in [-0.2, 0) is 17.1 Å². The zero-order valence-corrected chi connectivity index (χ0v) is 11.6. The molecule has 0 unspecified atom stereocenters. The van der Waals surface area contributed by atoms with Gasteiger partial charge in [-0.15, -0.1) is 0 Å². The number of halogens is 4. The summed E-state index contributed by atoms with van der Waals surface area (Å²) in [6.07, 6.45) is -3.96. The van der Waals surface area contributed by atoms with Gasteiger partial charge in [0, 0.05) is 20.0 Å². The Hall–Kier alpha value is -0.800. The second kappa shape index (κ2) is 6.10. The van der Waals surface area contributed by atoms with Crippen LogP contribution in [0, 0.1) is 0 Å². The van der Waals surface area contributed by atoms with Gasteiger partial charge in [0.15, 0.2) is 0 Å².